The molecule has 5 rings (SSSR count). The van der Waals surface area contributed by atoms with Crippen molar-refractivity contribution in [1.29, 1.82) is 0 Å². The molecule has 0 unspecified atom stereocenters. The van der Waals surface area contributed by atoms with Gasteiger partial charge in [-0.1, -0.05) is 0 Å². The molecule has 2 aliphatic heterocycles. The maximum atomic E-state index is 11.7. The molecule has 8 nitrogen and oxygen atoms in total. The highest BCUT2D eigenvalue weighted by molar-refractivity contribution is 7.90. The van der Waals surface area contributed by atoms with Gasteiger partial charge in [-0.3, -0.25) is 4.90 Å². The lowest BCUT2D eigenvalue weighted by Crippen LogP contribution is -2.31. The number of sulfone groups is 1. The molecule has 0 N–H and O–H groups in total. The normalized spacial score (nSPS) is 16.1. The molecule has 32 heavy (non-hydrogen) atoms. The number of nitrogens with zero attached hydrogens (tertiary/aromatic N) is 4. The van der Waals surface area contributed by atoms with Crippen LogP contribution in [0.15, 0.2) is 35.6 Å². The zero-order chi connectivity index (χ0) is 22.5. The number of hydrogen-bond donors (Lipinski definition) is 0. The summed E-state index contributed by atoms with van der Waals surface area (Å²) in [7, 11) is -3.39. The molecule has 0 bridgehead atoms. The van der Waals surface area contributed by atoms with Gasteiger partial charge < -0.3 is 14.0 Å². The molecular formula is C23H26N4O4S. The van der Waals surface area contributed by atoms with Gasteiger partial charge >= 0.3 is 0 Å². The van der Waals surface area contributed by atoms with E-state index in [9.17, 15) is 8.42 Å². The number of rotatable bonds is 4. The predicted octanol–water partition coefficient (Wildman–Crippen LogP) is 2.62. The quantitative estimate of drug-likeness (QED) is 0.560. The molecule has 2 aliphatic rings. The lowest BCUT2D eigenvalue weighted by Gasteiger charge is -2.28. The largest absolute Gasteiger partial charge is 0.486 e. The summed E-state index contributed by atoms with van der Waals surface area (Å²) in [5.41, 5.74) is 6.49. The van der Waals surface area contributed by atoms with Crippen molar-refractivity contribution < 1.29 is 17.9 Å². The van der Waals surface area contributed by atoms with Gasteiger partial charge in [0.15, 0.2) is 11.5 Å². The van der Waals surface area contributed by atoms with Crippen LogP contribution in [0.25, 0.3) is 5.69 Å². The van der Waals surface area contributed by atoms with Crippen LogP contribution in [0.2, 0.25) is 0 Å². The lowest BCUT2D eigenvalue weighted by molar-refractivity contribution is 0.171. The van der Waals surface area contributed by atoms with Crippen LogP contribution in [0.1, 0.15) is 28.2 Å². The minimum atomic E-state index is -3.39. The summed E-state index contributed by atoms with van der Waals surface area (Å²) in [4.78, 5) is 10.7. The van der Waals surface area contributed by atoms with Crippen molar-refractivity contribution in [3.8, 4) is 17.2 Å². The Bertz CT molecular complexity index is 1300. The van der Waals surface area contributed by atoms with E-state index in [0.717, 1.165) is 53.5 Å². The molecule has 1 aromatic carbocycles. The number of fused-ring (bicyclic) bond motifs is 2. The first-order chi connectivity index (χ1) is 15.3. The van der Waals surface area contributed by atoms with Crippen molar-refractivity contribution in [3.05, 3.63) is 58.7 Å². The summed E-state index contributed by atoms with van der Waals surface area (Å²) in [5, 5.41) is -0.0901. The second-order valence-electron chi connectivity index (χ2n) is 8.42. The molecule has 0 fully saturated rings. The molecule has 168 valence electrons. The van der Waals surface area contributed by atoms with E-state index in [4.69, 9.17) is 9.47 Å². The van der Waals surface area contributed by atoms with Gasteiger partial charge in [-0.15, -0.1) is 0 Å². The van der Waals surface area contributed by atoms with Crippen LogP contribution in [0, 0.1) is 13.8 Å². The number of aromatic nitrogens is 3. The van der Waals surface area contributed by atoms with Gasteiger partial charge in [0.05, 0.1) is 5.69 Å². The summed E-state index contributed by atoms with van der Waals surface area (Å²) >= 11 is 0. The smallest absolute Gasteiger partial charge is 0.246 e. The van der Waals surface area contributed by atoms with E-state index in [-0.39, 0.29) is 5.16 Å². The van der Waals surface area contributed by atoms with E-state index >= 15 is 0 Å². The predicted molar refractivity (Wildman–Crippen MR) is 119 cm³/mol. The van der Waals surface area contributed by atoms with E-state index in [1.165, 1.54) is 11.3 Å². The summed E-state index contributed by atoms with van der Waals surface area (Å²) in [5.74, 6) is 1.57. The van der Waals surface area contributed by atoms with E-state index in [1.54, 1.807) is 6.20 Å². The van der Waals surface area contributed by atoms with Crippen molar-refractivity contribution in [3.63, 3.8) is 0 Å². The van der Waals surface area contributed by atoms with Gasteiger partial charge in [0.25, 0.3) is 0 Å². The second kappa shape index (κ2) is 7.90. The van der Waals surface area contributed by atoms with Crippen LogP contribution >= 0.6 is 0 Å². The molecule has 0 amide bonds. The molecule has 0 spiro atoms. The Morgan fingerprint density at radius 1 is 1.09 bits per heavy atom. The van der Waals surface area contributed by atoms with Crippen LogP contribution in [0.4, 0.5) is 0 Å². The van der Waals surface area contributed by atoms with E-state index < -0.39 is 9.84 Å². The molecule has 0 saturated carbocycles. The Morgan fingerprint density at radius 3 is 2.66 bits per heavy atom. The molecule has 0 saturated heterocycles. The summed E-state index contributed by atoms with van der Waals surface area (Å²) < 4.78 is 37.1. The summed E-state index contributed by atoms with van der Waals surface area (Å²) in [6.07, 6.45) is 3.51. The highest BCUT2D eigenvalue weighted by Crippen LogP contribution is 2.34. The van der Waals surface area contributed by atoms with Crippen LogP contribution in [-0.2, 0) is 29.3 Å². The Morgan fingerprint density at radius 2 is 1.88 bits per heavy atom. The minimum absolute atomic E-state index is 0.0901. The Hall–Kier alpha value is -2.91. The van der Waals surface area contributed by atoms with Crippen molar-refractivity contribution in [2.75, 3.05) is 26.0 Å². The number of hydrogen-bond acceptors (Lipinski definition) is 7. The molecule has 3 aromatic rings. The third-order valence-electron chi connectivity index (χ3n) is 6.04. The Kier molecular flexibility index (Phi) is 5.17. The van der Waals surface area contributed by atoms with Gasteiger partial charge in [-0.2, -0.15) is 0 Å². The second-order valence-corrected chi connectivity index (χ2v) is 10.3. The maximum absolute atomic E-state index is 11.7. The molecule has 0 aliphatic carbocycles. The minimum Gasteiger partial charge on any atom is -0.486 e. The summed E-state index contributed by atoms with van der Waals surface area (Å²) in [6, 6.07) is 8.29. The van der Waals surface area contributed by atoms with Gasteiger partial charge in [0.2, 0.25) is 15.0 Å². The number of ether oxygens (including phenoxy) is 2. The summed E-state index contributed by atoms with van der Waals surface area (Å²) in [6.45, 7) is 7.72. The monoisotopic (exact) mass is 454 g/mol. The zero-order valence-electron chi connectivity index (χ0n) is 18.5. The molecule has 2 aromatic heterocycles. The highest BCUT2D eigenvalue weighted by Gasteiger charge is 2.23. The fourth-order valence-corrected chi connectivity index (χ4v) is 4.99. The van der Waals surface area contributed by atoms with Crippen molar-refractivity contribution in [2.45, 2.75) is 38.5 Å². The van der Waals surface area contributed by atoms with Crippen LogP contribution in [-0.4, -0.2) is 53.9 Å². The topological polar surface area (TPSA) is 86.6 Å². The maximum Gasteiger partial charge on any atom is 0.246 e. The average molecular weight is 455 g/mol. The SMILES string of the molecule is Cc1cc(CN2CCc3nc(S(C)(=O)=O)ncc3C2)c(C)n1-c1ccc2c(c1)OCCO2. The molecular weight excluding hydrogens is 428 g/mol. The third-order valence-corrected chi connectivity index (χ3v) is 6.90. The fourth-order valence-electron chi connectivity index (χ4n) is 4.47. The van der Waals surface area contributed by atoms with Gasteiger partial charge in [0, 0.05) is 67.2 Å². The standard InChI is InChI=1S/C23H26N4O4S/c1-15-10-17(16(2)27(15)19-4-5-21-22(11-19)31-9-8-30-21)13-26-7-6-20-18(14-26)12-24-23(25-20)32(3,28)29/h4-5,10-12H,6-9,13-14H2,1-3H3. The number of aryl methyl sites for hydroxylation is 1. The lowest BCUT2D eigenvalue weighted by atomic mass is 10.1. The highest BCUT2D eigenvalue weighted by atomic mass is 32.2. The first-order valence-corrected chi connectivity index (χ1v) is 12.5. The molecule has 0 radical (unpaired) electrons. The van der Waals surface area contributed by atoms with Crippen molar-refractivity contribution in [1.82, 2.24) is 19.4 Å². The first kappa shape index (κ1) is 21.0. The molecule has 4 heterocycles. The van der Waals surface area contributed by atoms with E-state index in [1.807, 2.05) is 12.1 Å². The average Bonchev–Trinajstić information content (AvgIpc) is 3.05. The first-order valence-electron chi connectivity index (χ1n) is 10.6. The van der Waals surface area contributed by atoms with E-state index in [2.05, 4.69) is 45.4 Å². The Balaban J connectivity index is 1.37. The van der Waals surface area contributed by atoms with Crippen LogP contribution < -0.4 is 9.47 Å². The van der Waals surface area contributed by atoms with Crippen LogP contribution in [0.5, 0.6) is 11.5 Å². The van der Waals surface area contributed by atoms with Gasteiger partial charge in [0.1, 0.15) is 13.2 Å². The van der Waals surface area contributed by atoms with Gasteiger partial charge in [-0.05, 0) is 37.6 Å². The van der Waals surface area contributed by atoms with E-state index in [0.29, 0.717) is 26.2 Å². The van der Waals surface area contributed by atoms with Crippen LogP contribution in [0.3, 0.4) is 0 Å². The fraction of sp³-hybridized carbons (Fsp3) is 0.391. The van der Waals surface area contributed by atoms with Crippen molar-refractivity contribution in [2.24, 2.45) is 0 Å². The van der Waals surface area contributed by atoms with Gasteiger partial charge in [-0.25, -0.2) is 18.4 Å². The Labute approximate surface area is 187 Å². The third kappa shape index (κ3) is 3.86. The van der Waals surface area contributed by atoms with Crippen molar-refractivity contribution >= 4 is 9.84 Å². The molecule has 0 atom stereocenters. The number of benzene rings is 1. The molecule has 9 heteroatoms. The zero-order valence-corrected chi connectivity index (χ0v) is 19.3.